The number of ether oxygens (including phenoxy) is 1. The summed E-state index contributed by atoms with van der Waals surface area (Å²) in [7, 11) is 0. The Morgan fingerprint density at radius 2 is 2.13 bits per heavy atom. The minimum Gasteiger partial charge on any atom is -0.375 e. The van der Waals surface area contributed by atoms with E-state index < -0.39 is 0 Å². The zero-order valence-corrected chi connectivity index (χ0v) is 10.1. The number of rotatable bonds is 4. The highest BCUT2D eigenvalue weighted by Gasteiger charge is 2.39. The summed E-state index contributed by atoms with van der Waals surface area (Å²) in [6, 6.07) is 0.725. The summed E-state index contributed by atoms with van der Waals surface area (Å²) in [5.74, 6) is 0. The van der Waals surface area contributed by atoms with E-state index in [1.807, 2.05) is 0 Å². The molecule has 2 nitrogen and oxygen atoms in total. The van der Waals surface area contributed by atoms with Gasteiger partial charge >= 0.3 is 0 Å². The summed E-state index contributed by atoms with van der Waals surface area (Å²) in [5, 5.41) is 3.69. The van der Waals surface area contributed by atoms with Crippen LogP contribution in [0, 0.1) is 0 Å². The Morgan fingerprint density at radius 3 is 2.87 bits per heavy atom. The molecule has 2 fully saturated rings. The van der Waals surface area contributed by atoms with E-state index in [1.54, 1.807) is 0 Å². The van der Waals surface area contributed by atoms with Crippen molar-refractivity contribution in [3.8, 4) is 0 Å². The van der Waals surface area contributed by atoms with Gasteiger partial charge in [-0.1, -0.05) is 26.2 Å². The molecule has 88 valence electrons. The van der Waals surface area contributed by atoms with Gasteiger partial charge in [-0.25, -0.2) is 0 Å². The molecule has 0 radical (unpaired) electrons. The quantitative estimate of drug-likeness (QED) is 0.722. The Labute approximate surface area is 93.8 Å². The first-order chi connectivity index (χ1) is 7.35. The van der Waals surface area contributed by atoms with Gasteiger partial charge in [0.15, 0.2) is 0 Å². The Bertz CT molecular complexity index is 187. The largest absolute Gasteiger partial charge is 0.375 e. The first kappa shape index (κ1) is 11.4. The molecule has 1 aliphatic carbocycles. The summed E-state index contributed by atoms with van der Waals surface area (Å²) >= 11 is 0. The monoisotopic (exact) mass is 211 g/mol. The molecule has 1 atom stereocenters. The number of hydrogen-bond donors (Lipinski definition) is 1. The van der Waals surface area contributed by atoms with Gasteiger partial charge in [0.25, 0.3) is 0 Å². The van der Waals surface area contributed by atoms with Crippen LogP contribution in [0.5, 0.6) is 0 Å². The van der Waals surface area contributed by atoms with Crippen LogP contribution in [0.2, 0.25) is 0 Å². The molecular formula is C13H25NO. The Morgan fingerprint density at radius 1 is 1.33 bits per heavy atom. The topological polar surface area (TPSA) is 21.3 Å². The maximum atomic E-state index is 6.02. The number of nitrogens with one attached hydrogen (secondary N) is 1. The highest BCUT2D eigenvalue weighted by Crippen LogP contribution is 2.39. The molecule has 1 saturated carbocycles. The molecule has 0 bridgehead atoms. The average molecular weight is 211 g/mol. The first-order valence-electron chi connectivity index (χ1n) is 6.72. The maximum Gasteiger partial charge on any atom is 0.0697 e. The van der Waals surface area contributed by atoms with Crippen LogP contribution < -0.4 is 5.32 Å². The van der Waals surface area contributed by atoms with Gasteiger partial charge in [-0.15, -0.1) is 0 Å². The van der Waals surface area contributed by atoms with Gasteiger partial charge in [0.2, 0.25) is 0 Å². The smallest absolute Gasteiger partial charge is 0.0697 e. The van der Waals surface area contributed by atoms with Crippen LogP contribution in [-0.4, -0.2) is 24.8 Å². The molecule has 1 aliphatic heterocycles. The highest BCUT2D eigenvalue weighted by molar-refractivity contribution is 4.93. The van der Waals surface area contributed by atoms with Crippen LogP contribution in [0.3, 0.4) is 0 Å². The molecular weight excluding hydrogens is 186 g/mol. The van der Waals surface area contributed by atoms with E-state index in [2.05, 4.69) is 12.2 Å². The summed E-state index contributed by atoms with van der Waals surface area (Å²) in [4.78, 5) is 0. The summed E-state index contributed by atoms with van der Waals surface area (Å²) < 4.78 is 6.02. The predicted octanol–water partition coefficient (Wildman–Crippen LogP) is 2.87. The molecule has 2 heteroatoms. The third-order valence-corrected chi connectivity index (χ3v) is 3.97. The van der Waals surface area contributed by atoms with Gasteiger partial charge in [-0.3, -0.25) is 0 Å². The van der Waals surface area contributed by atoms with E-state index in [1.165, 1.54) is 57.9 Å². The summed E-state index contributed by atoms with van der Waals surface area (Å²) in [5.41, 5.74) is 0.280. The Hall–Kier alpha value is -0.0800. The van der Waals surface area contributed by atoms with Crippen molar-refractivity contribution in [1.82, 2.24) is 5.32 Å². The second-order valence-electron chi connectivity index (χ2n) is 5.24. The fraction of sp³-hybridized carbons (Fsp3) is 1.00. The molecule has 2 rings (SSSR count). The van der Waals surface area contributed by atoms with Crippen molar-refractivity contribution in [3.63, 3.8) is 0 Å². The van der Waals surface area contributed by atoms with Gasteiger partial charge in [0, 0.05) is 12.6 Å². The fourth-order valence-corrected chi connectivity index (χ4v) is 3.05. The van der Waals surface area contributed by atoms with E-state index in [4.69, 9.17) is 4.74 Å². The number of hydrogen-bond acceptors (Lipinski definition) is 2. The van der Waals surface area contributed by atoms with Crippen molar-refractivity contribution >= 4 is 0 Å². The van der Waals surface area contributed by atoms with E-state index in [9.17, 15) is 0 Å². The van der Waals surface area contributed by atoms with Gasteiger partial charge in [0.1, 0.15) is 0 Å². The van der Waals surface area contributed by atoms with Crippen molar-refractivity contribution in [2.24, 2.45) is 0 Å². The van der Waals surface area contributed by atoms with Crippen LogP contribution in [0.15, 0.2) is 0 Å². The van der Waals surface area contributed by atoms with Crippen LogP contribution in [0.1, 0.15) is 58.3 Å². The normalized spacial score (nSPS) is 29.8. The van der Waals surface area contributed by atoms with Crippen LogP contribution in [0.25, 0.3) is 0 Å². The number of unbranched alkanes of at least 4 members (excludes halogenated alkanes) is 1. The van der Waals surface area contributed by atoms with Crippen LogP contribution in [0.4, 0.5) is 0 Å². The molecule has 0 aromatic heterocycles. The predicted molar refractivity (Wildman–Crippen MR) is 63.1 cm³/mol. The second kappa shape index (κ2) is 5.31. The average Bonchev–Trinajstić information content (AvgIpc) is 2.67. The lowest BCUT2D eigenvalue weighted by Crippen LogP contribution is -2.45. The zero-order valence-electron chi connectivity index (χ0n) is 10.1. The second-order valence-corrected chi connectivity index (χ2v) is 5.24. The molecule has 1 N–H and O–H groups in total. The molecule has 1 heterocycles. The molecule has 15 heavy (non-hydrogen) atoms. The zero-order chi connectivity index (χ0) is 10.6. The fourth-order valence-electron chi connectivity index (χ4n) is 3.05. The maximum absolute atomic E-state index is 6.02. The lowest BCUT2D eigenvalue weighted by Gasteiger charge is -2.38. The van der Waals surface area contributed by atoms with Gasteiger partial charge in [0.05, 0.1) is 5.60 Å². The minimum absolute atomic E-state index is 0.280. The summed E-state index contributed by atoms with van der Waals surface area (Å²) in [6.07, 6.45) is 10.4. The van der Waals surface area contributed by atoms with Crippen LogP contribution >= 0.6 is 0 Å². The van der Waals surface area contributed by atoms with Gasteiger partial charge < -0.3 is 10.1 Å². The Balaban J connectivity index is 1.76. The van der Waals surface area contributed by atoms with Crippen molar-refractivity contribution in [1.29, 1.82) is 0 Å². The van der Waals surface area contributed by atoms with Crippen molar-refractivity contribution in [2.45, 2.75) is 69.9 Å². The summed E-state index contributed by atoms with van der Waals surface area (Å²) in [6.45, 7) is 4.42. The van der Waals surface area contributed by atoms with Gasteiger partial charge in [-0.05, 0) is 38.6 Å². The molecule has 1 saturated heterocycles. The first-order valence-corrected chi connectivity index (χ1v) is 6.72. The van der Waals surface area contributed by atoms with Crippen molar-refractivity contribution in [2.75, 3.05) is 13.2 Å². The Kier molecular flexibility index (Phi) is 4.04. The van der Waals surface area contributed by atoms with Crippen molar-refractivity contribution in [3.05, 3.63) is 0 Å². The third-order valence-electron chi connectivity index (χ3n) is 3.97. The van der Waals surface area contributed by atoms with E-state index in [0.29, 0.717) is 0 Å². The molecule has 0 aromatic carbocycles. The van der Waals surface area contributed by atoms with Crippen molar-refractivity contribution < 1.29 is 4.74 Å². The lowest BCUT2D eigenvalue weighted by molar-refractivity contribution is -0.0835. The van der Waals surface area contributed by atoms with E-state index >= 15 is 0 Å². The SMILES string of the molecule is CCCCNC1CCOC2(CCCC2)C1. The minimum atomic E-state index is 0.280. The van der Waals surface area contributed by atoms with Gasteiger partial charge in [-0.2, -0.15) is 0 Å². The third kappa shape index (κ3) is 2.94. The van der Waals surface area contributed by atoms with E-state index in [0.717, 1.165) is 12.6 Å². The molecule has 1 unspecified atom stereocenters. The highest BCUT2D eigenvalue weighted by atomic mass is 16.5. The molecule has 1 spiro atoms. The van der Waals surface area contributed by atoms with Crippen LogP contribution in [-0.2, 0) is 4.74 Å². The molecule has 0 amide bonds. The molecule has 0 aromatic rings. The van der Waals surface area contributed by atoms with E-state index in [-0.39, 0.29) is 5.60 Å². The standard InChI is InChI=1S/C13H25NO/c1-2-3-9-14-12-6-10-15-13(11-12)7-4-5-8-13/h12,14H,2-11H2,1H3. The lowest BCUT2D eigenvalue weighted by atomic mass is 9.89. The molecule has 2 aliphatic rings.